The second kappa shape index (κ2) is 5.23. The van der Waals surface area contributed by atoms with Gasteiger partial charge in [-0.2, -0.15) is 0 Å². The minimum absolute atomic E-state index is 1.31. The van der Waals surface area contributed by atoms with Gasteiger partial charge in [0, 0.05) is 0 Å². The lowest BCUT2D eigenvalue weighted by molar-refractivity contribution is 0.482. The van der Waals surface area contributed by atoms with Crippen LogP contribution in [0.15, 0.2) is 36.6 Å². The van der Waals surface area contributed by atoms with Gasteiger partial charge in [0.25, 0.3) is 0 Å². The lowest BCUT2D eigenvalue weighted by atomic mass is 10.2. The van der Waals surface area contributed by atoms with Crippen LogP contribution in [0.2, 0.25) is 39.3 Å². The van der Waals surface area contributed by atoms with Crippen molar-refractivity contribution in [2.45, 2.75) is 39.3 Å². The second-order valence-corrected chi connectivity index (χ2v) is 15.9. The van der Waals surface area contributed by atoms with Gasteiger partial charge < -0.3 is 4.43 Å². The molecular weight excluding hydrogens is 240 g/mol. The van der Waals surface area contributed by atoms with Crippen LogP contribution >= 0.6 is 0 Å². The largest absolute Gasteiger partial charge is 0.550 e. The van der Waals surface area contributed by atoms with Crippen LogP contribution < -0.4 is 0 Å². The zero-order chi connectivity index (χ0) is 13.1. The monoisotopic (exact) mass is 264 g/mol. The van der Waals surface area contributed by atoms with Crippen molar-refractivity contribution < 1.29 is 4.43 Å². The molecule has 0 heterocycles. The fourth-order valence-electron chi connectivity index (χ4n) is 1.53. The first-order valence-electron chi connectivity index (χ1n) is 6.14. The highest BCUT2D eigenvalue weighted by Gasteiger charge is 2.23. The molecule has 0 amide bonds. The summed E-state index contributed by atoms with van der Waals surface area (Å²) in [4.78, 5) is 0. The minimum atomic E-state index is -1.49. The molecule has 0 aromatic heterocycles. The van der Waals surface area contributed by atoms with Crippen molar-refractivity contribution in [1.82, 2.24) is 0 Å². The Morgan fingerprint density at radius 3 is 1.88 bits per heavy atom. The summed E-state index contributed by atoms with van der Waals surface area (Å²) >= 11 is 0. The van der Waals surface area contributed by atoms with Gasteiger partial charge in [-0.25, -0.2) is 0 Å². The summed E-state index contributed by atoms with van der Waals surface area (Å²) in [6.07, 6.45) is 2.04. The molecule has 1 nitrogen and oxygen atoms in total. The van der Waals surface area contributed by atoms with E-state index in [4.69, 9.17) is 4.43 Å². The molecule has 0 atom stereocenters. The predicted molar refractivity (Wildman–Crippen MR) is 82.2 cm³/mol. The van der Waals surface area contributed by atoms with Crippen molar-refractivity contribution in [2.24, 2.45) is 0 Å². The number of benzene rings is 1. The van der Waals surface area contributed by atoms with Crippen LogP contribution in [0.5, 0.6) is 0 Å². The number of hydrogen-bond acceptors (Lipinski definition) is 1. The van der Waals surface area contributed by atoms with Crippen LogP contribution in [-0.4, -0.2) is 16.4 Å². The Hall–Kier alpha value is -0.806. The van der Waals surface area contributed by atoms with Gasteiger partial charge in [-0.15, -0.1) is 0 Å². The Morgan fingerprint density at radius 2 is 1.47 bits per heavy atom. The van der Waals surface area contributed by atoms with Gasteiger partial charge >= 0.3 is 0 Å². The molecule has 3 heteroatoms. The molecule has 0 fully saturated rings. The highest BCUT2D eigenvalue weighted by Crippen LogP contribution is 2.26. The normalized spacial score (nSPS) is 13.6. The summed E-state index contributed by atoms with van der Waals surface area (Å²) in [5.41, 5.74) is 1.31. The average molecular weight is 265 g/mol. The van der Waals surface area contributed by atoms with E-state index in [9.17, 15) is 0 Å². The first kappa shape index (κ1) is 14.3. The van der Waals surface area contributed by atoms with E-state index in [1.165, 1.54) is 10.8 Å². The van der Waals surface area contributed by atoms with Crippen LogP contribution in [0, 0.1) is 0 Å². The molecule has 0 aliphatic carbocycles. The third kappa shape index (κ3) is 4.92. The summed E-state index contributed by atoms with van der Waals surface area (Å²) < 4.78 is 5.98. The van der Waals surface area contributed by atoms with E-state index in [-0.39, 0.29) is 0 Å². The molecule has 0 radical (unpaired) electrons. The number of hydrogen-bond donors (Lipinski definition) is 0. The van der Waals surface area contributed by atoms with Crippen LogP contribution in [0.1, 0.15) is 5.56 Å². The molecule has 0 N–H and O–H groups in total. The summed E-state index contributed by atoms with van der Waals surface area (Å²) in [5, 5.41) is 1.40. The topological polar surface area (TPSA) is 9.23 Å². The molecular formula is C14H24OSi2. The zero-order valence-corrected chi connectivity index (χ0v) is 13.9. The van der Waals surface area contributed by atoms with E-state index in [0.29, 0.717) is 0 Å². The SMILES string of the molecule is C[Si](C)(C)O/C=C(/c1ccccc1)[Si](C)(C)C. The van der Waals surface area contributed by atoms with E-state index in [2.05, 4.69) is 69.6 Å². The number of rotatable bonds is 4. The van der Waals surface area contributed by atoms with Crippen LogP contribution in [-0.2, 0) is 4.43 Å². The van der Waals surface area contributed by atoms with E-state index in [1.54, 1.807) is 0 Å². The van der Waals surface area contributed by atoms with Gasteiger partial charge in [0.15, 0.2) is 0 Å². The third-order valence-electron chi connectivity index (χ3n) is 2.42. The van der Waals surface area contributed by atoms with E-state index >= 15 is 0 Å². The maximum Gasteiger partial charge on any atom is 0.241 e. The van der Waals surface area contributed by atoms with Gasteiger partial charge in [0.2, 0.25) is 8.32 Å². The zero-order valence-electron chi connectivity index (χ0n) is 11.9. The van der Waals surface area contributed by atoms with Gasteiger partial charge in [0.1, 0.15) is 0 Å². The molecule has 1 aromatic rings. The van der Waals surface area contributed by atoms with Gasteiger partial charge in [0.05, 0.1) is 14.3 Å². The Balaban J connectivity index is 3.07. The Morgan fingerprint density at radius 1 is 0.941 bits per heavy atom. The first-order valence-corrected chi connectivity index (χ1v) is 13.0. The summed E-state index contributed by atoms with van der Waals surface area (Å²) in [5.74, 6) is 0. The van der Waals surface area contributed by atoms with Crippen LogP contribution in [0.4, 0.5) is 0 Å². The van der Waals surface area contributed by atoms with E-state index < -0.39 is 16.4 Å². The highest BCUT2D eigenvalue weighted by molar-refractivity contribution is 6.93. The molecule has 1 aromatic carbocycles. The predicted octanol–water partition coefficient (Wildman–Crippen LogP) is 4.76. The Kier molecular flexibility index (Phi) is 4.39. The maximum atomic E-state index is 5.98. The standard InChI is InChI=1S/C14H24OSi2/c1-16(2,3)14(12-15-17(4,5)6)13-10-8-7-9-11-13/h7-12H,1-6H3/b14-12-. The van der Waals surface area contributed by atoms with Gasteiger partial charge in [-0.05, 0) is 30.4 Å². The minimum Gasteiger partial charge on any atom is -0.550 e. The highest BCUT2D eigenvalue weighted by atomic mass is 28.4. The fourth-order valence-corrected chi connectivity index (χ4v) is 3.57. The van der Waals surface area contributed by atoms with Crippen molar-refractivity contribution in [3.63, 3.8) is 0 Å². The van der Waals surface area contributed by atoms with Crippen molar-refractivity contribution in [1.29, 1.82) is 0 Å². The van der Waals surface area contributed by atoms with E-state index in [1.807, 2.05) is 6.26 Å². The quantitative estimate of drug-likeness (QED) is 0.563. The summed E-state index contributed by atoms with van der Waals surface area (Å²) in [6.45, 7) is 13.7. The lowest BCUT2D eigenvalue weighted by Crippen LogP contribution is -2.26. The van der Waals surface area contributed by atoms with Crippen molar-refractivity contribution in [3.8, 4) is 0 Å². The molecule has 0 spiro atoms. The lowest BCUT2D eigenvalue weighted by Gasteiger charge is -2.24. The Labute approximate surface area is 108 Å². The molecule has 1 rings (SSSR count). The molecule has 0 unspecified atom stereocenters. The van der Waals surface area contributed by atoms with E-state index in [0.717, 1.165) is 0 Å². The fraction of sp³-hybridized carbons (Fsp3) is 0.429. The summed E-state index contributed by atoms with van der Waals surface area (Å²) in [7, 11) is -2.85. The van der Waals surface area contributed by atoms with Crippen LogP contribution in [0.25, 0.3) is 5.20 Å². The molecule has 0 saturated heterocycles. The van der Waals surface area contributed by atoms with Gasteiger partial charge in [-0.1, -0.05) is 50.0 Å². The van der Waals surface area contributed by atoms with Crippen molar-refractivity contribution in [3.05, 3.63) is 42.2 Å². The Bertz CT molecular complexity index is 383. The first-order chi connectivity index (χ1) is 7.70. The molecule has 17 heavy (non-hydrogen) atoms. The van der Waals surface area contributed by atoms with Crippen molar-refractivity contribution >= 4 is 21.6 Å². The molecule has 0 saturated carbocycles. The summed E-state index contributed by atoms with van der Waals surface area (Å²) in [6, 6.07) is 10.6. The maximum absolute atomic E-state index is 5.98. The molecule has 0 aliphatic rings. The van der Waals surface area contributed by atoms with Gasteiger partial charge in [-0.3, -0.25) is 0 Å². The van der Waals surface area contributed by atoms with Crippen LogP contribution in [0.3, 0.4) is 0 Å². The third-order valence-corrected chi connectivity index (χ3v) is 5.27. The molecule has 94 valence electrons. The average Bonchev–Trinajstić information content (AvgIpc) is 2.15. The molecule has 0 aliphatic heterocycles. The van der Waals surface area contributed by atoms with Crippen molar-refractivity contribution in [2.75, 3.05) is 0 Å². The smallest absolute Gasteiger partial charge is 0.241 e. The second-order valence-electron chi connectivity index (χ2n) is 6.38. The molecule has 0 bridgehead atoms.